The van der Waals surface area contributed by atoms with Crippen LogP contribution in [0, 0.1) is 0 Å². The average Bonchev–Trinajstić information content (AvgIpc) is 3.32. The standard InChI is InChI=1S/C39H53N2/c1-3-4-5-6-7-8-9-10-11-12-22-29-40-33-38(30-34(2)37-27-20-15-21-28-37)41(32-36-25-18-14-19-26-36)39(40)31-35-23-16-13-17-24-35/h13-21,23-28,33-34H,3-12,22,29-32H2,1-2H3/q+1. The summed E-state index contributed by atoms with van der Waals surface area (Å²) < 4.78 is 5.22. The van der Waals surface area contributed by atoms with Crippen LogP contribution in [0.2, 0.25) is 0 Å². The van der Waals surface area contributed by atoms with E-state index in [9.17, 15) is 0 Å². The molecule has 1 atom stereocenters. The maximum Gasteiger partial charge on any atom is 0.261 e. The molecule has 3 aromatic carbocycles. The third-order valence-corrected chi connectivity index (χ3v) is 8.57. The highest BCUT2D eigenvalue weighted by Gasteiger charge is 2.25. The molecule has 0 spiro atoms. The number of aromatic nitrogens is 2. The fourth-order valence-electron chi connectivity index (χ4n) is 6.10. The van der Waals surface area contributed by atoms with Crippen molar-refractivity contribution in [1.29, 1.82) is 0 Å². The molecule has 1 heterocycles. The number of imidazole rings is 1. The monoisotopic (exact) mass is 549 g/mol. The molecule has 1 aromatic heterocycles. The van der Waals surface area contributed by atoms with Crippen LogP contribution in [-0.2, 0) is 25.9 Å². The lowest BCUT2D eigenvalue weighted by Crippen LogP contribution is -2.42. The van der Waals surface area contributed by atoms with Gasteiger partial charge in [0.05, 0.1) is 13.0 Å². The molecule has 0 saturated heterocycles. The van der Waals surface area contributed by atoms with Crippen molar-refractivity contribution in [3.8, 4) is 0 Å². The molecule has 0 aliphatic carbocycles. The van der Waals surface area contributed by atoms with Crippen LogP contribution < -0.4 is 4.57 Å². The number of rotatable bonds is 19. The van der Waals surface area contributed by atoms with Crippen LogP contribution in [0.5, 0.6) is 0 Å². The summed E-state index contributed by atoms with van der Waals surface area (Å²) in [6.45, 7) is 6.70. The molecule has 0 saturated carbocycles. The molecule has 1 unspecified atom stereocenters. The SMILES string of the molecule is CCCCCCCCCCCCCn1cc(CC(C)c2ccccc2)[n+](Cc2ccccc2)c1Cc1ccccc1. The molecule has 0 aliphatic rings. The number of benzene rings is 3. The first kappa shape index (κ1) is 30.8. The first-order valence-electron chi connectivity index (χ1n) is 16.5. The molecule has 0 N–H and O–H groups in total. The number of hydrogen-bond donors (Lipinski definition) is 0. The van der Waals surface area contributed by atoms with Crippen LogP contribution in [0.15, 0.2) is 97.2 Å². The van der Waals surface area contributed by atoms with E-state index in [0.29, 0.717) is 5.92 Å². The predicted molar refractivity (Wildman–Crippen MR) is 174 cm³/mol. The molecular weight excluding hydrogens is 496 g/mol. The Hall–Kier alpha value is -3.13. The minimum atomic E-state index is 0.473. The minimum absolute atomic E-state index is 0.473. The van der Waals surface area contributed by atoms with E-state index in [2.05, 4.69) is 120 Å². The highest BCUT2D eigenvalue weighted by atomic mass is 15.2. The molecule has 2 nitrogen and oxygen atoms in total. The highest BCUT2D eigenvalue weighted by molar-refractivity contribution is 5.22. The Morgan fingerprint density at radius 2 is 1.12 bits per heavy atom. The van der Waals surface area contributed by atoms with Gasteiger partial charge in [-0.3, -0.25) is 0 Å². The average molecular weight is 550 g/mol. The van der Waals surface area contributed by atoms with Crippen molar-refractivity contribution >= 4 is 0 Å². The summed E-state index contributed by atoms with van der Waals surface area (Å²) in [6.07, 6.45) is 19.7. The molecule has 0 amide bonds. The van der Waals surface area contributed by atoms with Crippen molar-refractivity contribution < 1.29 is 4.57 Å². The van der Waals surface area contributed by atoms with Crippen LogP contribution in [-0.4, -0.2) is 4.57 Å². The molecule has 0 bridgehead atoms. The zero-order chi connectivity index (χ0) is 28.5. The third kappa shape index (κ3) is 10.3. The Labute approximate surface area is 250 Å². The lowest BCUT2D eigenvalue weighted by molar-refractivity contribution is -0.702. The Balaban J connectivity index is 1.47. The first-order valence-corrected chi connectivity index (χ1v) is 16.5. The van der Waals surface area contributed by atoms with E-state index in [0.717, 1.165) is 25.9 Å². The lowest BCUT2D eigenvalue weighted by atomic mass is 9.96. The zero-order valence-corrected chi connectivity index (χ0v) is 25.8. The lowest BCUT2D eigenvalue weighted by Gasteiger charge is -2.12. The van der Waals surface area contributed by atoms with E-state index in [1.807, 2.05) is 0 Å². The van der Waals surface area contributed by atoms with E-state index in [1.165, 1.54) is 98.8 Å². The third-order valence-electron chi connectivity index (χ3n) is 8.57. The summed E-state index contributed by atoms with van der Waals surface area (Å²) in [4.78, 5) is 0. The first-order chi connectivity index (χ1) is 20.2. The fourth-order valence-corrected chi connectivity index (χ4v) is 6.10. The van der Waals surface area contributed by atoms with Gasteiger partial charge in [-0.1, -0.05) is 163 Å². The van der Waals surface area contributed by atoms with Crippen LogP contribution >= 0.6 is 0 Å². The maximum atomic E-state index is 2.63. The van der Waals surface area contributed by atoms with Crippen LogP contribution in [0.3, 0.4) is 0 Å². The number of nitrogens with zero attached hydrogens (tertiary/aromatic N) is 2. The fraction of sp³-hybridized carbons (Fsp3) is 0.462. The molecule has 0 radical (unpaired) electrons. The zero-order valence-electron chi connectivity index (χ0n) is 25.8. The molecule has 218 valence electrons. The molecule has 41 heavy (non-hydrogen) atoms. The second-order valence-corrected chi connectivity index (χ2v) is 12.0. The molecular formula is C39H53N2+. The summed E-state index contributed by atoms with van der Waals surface area (Å²) in [7, 11) is 0. The van der Waals surface area contributed by atoms with Crippen molar-refractivity contribution in [2.45, 2.75) is 116 Å². The van der Waals surface area contributed by atoms with Gasteiger partial charge in [0.15, 0.2) is 0 Å². The minimum Gasteiger partial charge on any atom is -0.234 e. The van der Waals surface area contributed by atoms with Gasteiger partial charge in [0, 0.05) is 6.42 Å². The van der Waals surface area contributed by atoms with Crippen LogP contribution in [0.4, 0.5) is 0 Å². The number of unbranched alkanes of at least 4 members (excludes halogenated alkanes) is 10. The largest absolute Gasteiger partial charge is 0.261 e. The second kappa shape index (κ2) is 17.6. The summed E-state index contributed by atoms with van der Waals surface area (Å²) >= 11 is 0. The summed E-state index contributed by atoms with van der Waals surface area (Å²) in [5, 5.41) is 0. The van der Waals surface area contributed by atoms with E-state index < -0.39 is 0 Å². The Kier molecular flexibility index (Phi) is 13.3. The summed E-state index contributed by atoms with van der Waals surface area (Å²) in [6, 6.07) is 33.0. The number of aryl methyl sites for hydroxylation is 1. The van der Waals surface area contributed by atoms with E-state index >= 15 is 0 Å². The van der Waals surface area contributed by atoms with Crippen LogP contribution in [0.25, 0.3) is 0 Å². The van der Waals surface area contributed by atoms with Gasteiger partial charge in [0.1, 0.15) is 18.4 Å². The van der Waals surface area contributed by atoms with Crippen molar-refractivity contribution in [3.63, 3.8) is 0 Å². The molecule has 0 fully saturated rings. The Bertz CT molecular complexity index is 1230. The van der Waals surface area contributed by atoms with Gasteiger partial charge in [0.25, 0.3) is 5.82 Å². The molecule has 4 rings (SSSR count). The maximum absolute atomic E-state index is 2.63. The topological polar surface area (TPSA) is 8.81 Å². The van der Waals surface area contributed by atoms with Gasteiger partial charge in [-0.25, -0.2) is 9.13 Å². The molecule has 0 aliphatic heterocycles. The van der Waals surface area contributed by atoms with Crippen molar-refractivity contribution in [1.82, 2.24) is 4.57 Å². The van der Waals surface area contributed by atoms with Gasteiger partial charge >= 0.3 is 0 Å². The Morgan fingerprint density at radius 1 is 0.610 bits per heavy atom. The van der Waals surface area contributed by atoms with Gasteiger partial charge in [0.2, 0.25) is 0 Å². The van der Waals surface area contributed by atoms with E-state index in [-0.39, 0.29) is 0 Å². The van der Waals surface area contributed by atoms with Crippen molar-refractivity contribution in [2.75, 3.05) is 0 Å². The van der Waals surface area contributed by atoms with Crippen molar-refractivity contribution in [3.05, 3.63) is 125 Å². The van der Waals surface area contributed by atoms with Gasteiger partial charge < -0.3 is 0 Å². The second-order valence-electron chi connectivity index (χ2n) is 12.0. The molecule has 2 heteroatoms. The highest BCUT2D eigenvalue weighted by Crippen LogP contribution is 2.21. The predicted octanol–water partition coefficient (Wildman–Crippen LogP) is 10.1. The molecule has 4 aromatic rings. The van der Waals surface area contributed by atoms with Gasteiger partial charge in [-0.2, -0.15) is 0 Å². The number of hydrogen-bond acceptors (Lipinski definition) is 0. The summed E-state index contributed by atoms with van der Waals surface area (Å²) in [5.74, 6) is 1.91. The van der Waals surface area contributed by atoms with Crippen molar-refractivity contribution in [2.24, 2.45) is 0 Å². The smallest absolute Gasteiger partial charge is 0.234 e. The quantitative estimate of drug-likeness (QED) is 0.0812. The van der Waals surface area contributed by atoms with Gasteiger partial charge in [-0.05, 0) is 35.4 Å². The Morgan fingerprint density at radius 3 is 1.71 bits per heavy atom. The van der Waals surface area contributed by atoms with Gasteiger partial charge in [-0.15, -0.1) is 0 Å². The van der Waals surface area contributed by atoms with E-state index in [1.54, 1.807) is 0 Å². The van der Waals surface area contributed by atoms with Crippen LogP contribution in [0.1, 0.15) is 119 Å². The van der Waals surface area contributed by atoms with E-state index in [4.69, 9.17) is 0 Å². The summed E-state index contributed by atoms with van der Waals surface area (Å²) in [5.41, 5.74) is 5.61. The normalized spacial score (nSPS) is 12.0.